The second-order valence-corrected chi connectivity index (χ2v) is 6.97. The van der Waals surface area contributed by atoms with E-state index in [1.165, 1.54) is 0 Å². The molecule has 0 saturated heterocycles. The maximum Gasteiger partial charge on any atom is 0.182 e. The van der Waals surface area contributed by atoms with Crippen LogP contribution < -0.4 is 5.32 Å². The second-order valence-electron chi connectivity index (χ2n) is 6.11. The Morgan fingerprint density at radius 3 is 2.52 bits per heavy atom. The van der Waals surface area contributed by atoms with Crippen LogP contribution in [0, 0.1) is 0 Å². The maximum atomic E-state index is 4.82. The van der Waals surface area contributed by atoms with Gasteiger partial charge >= 0.3 is 0 Å². The fourth-order valence-electron chi connectivity index (χ4n) is 2.28. The van der Waals surface area contributed by atoms with Crippen molar-refractivity contribution in [3.63, 3.8) is 0 Å². The van der Waals surface area contributed by atoms with Gasteiger partial charge in [-0.15, -0.1) is 11.3 Å². The van der Waals surface area contributed by atoms with Gasteiger partial charge in [0.2, 0.25) is 0 Å². The fraction of sp³-hybridized carbons (Fsp3) is 0.294. The molecule has 3 aromatic rings. The summed E-state index contributed by atoms with van der Waals surface area (Å²) in [6.07, 6.45) is 0. The van der Waals surface area contributed by atoms with Gasteiger partial charge in [0.15, 0.2) is 5.13 Å². The number of nitrogens with zero attached hydrogens (tertiary/aromatic N) is 2. The van der Waals surface area contributed by atoms with Gasteiger partial charge in [-0.2, -0.15) is 0 Å². The largest absolute Gasteiger partial charge is 0.365 e. The summed E-state index contributed by atoms with van der Waals surface area (Å²) in [7, 11) is 1.90. The van der Waals surface area contributed by atoms with Crippen molar-refractivity contribution in [1.82, 2.24) is 9.97 Å². The van der Waals surface area contributed by atoms with Crippen LogP contribution in [0.1, 0.15) is 26.5 Å². The van der Waals surface area contributed by atoms with E-state index in [4.69, 9.17) is 4.98 Å². The normalized spacial score (nSPS) is 11.8. The minimum atomic E-state index is 0.0145. The molecule has 0 radical (unpaired) electrons. The number of thiazole rings is 1. The van der Waals surface area contributed by atoms with E-state index in [9.17, 15) is 0 Å². The van der Waals surface area contributed by atoms with Crippen molar-refractivity contribution >= 4 is 27.4 Å². The Bertz CT molecular complexity index is 784. The van der Waals surface area contributed by atoms with Crippen molar-refractivity contribution in [1.29, 1.82) is 0 Å². The van der Waals surface area contributed by atoms with E-state index in [0.29, 0.717) is 0 Å². The molecule has 2 heterocycles. The van der Waals surface area contributed by atoms with E-state index >= 15 is 0 Å². The number of para-hydroxylation sites is 1. The Labute approximate surface area is 129 Å². The summed E-state index contributed by atoms with van der Waals surface area (Å²) >= 11 is 1.62. The SMILES string of the molecule is CNc1nc(-c2cc(C(C)(C)C)nc3ccccc23)cs1. The fourth-order valence-corrected chi connectivity index (χ4v) is 2.96. The molecule has 0 aliphatic carbocycles. The summed E-state index contributed by atoms with van der Waals surface area (Å²) < 4.78 is 0. The average molecular weight is 297 g/mol. The molecule has 3 rings (SSSR count). The van der Waals surface area contributed by atoms with E-state index in [0.717, 1.165) is 33.0 Å². The van der Waals surface area contributed by atoms with Crippen molar-refractivity contribution in [2.24, 2.45) is 0 Å². The van der Waals surface area contributed by atoms with E-state index in [-0.39, 0.29) is 5.41 Å². The molecular weight excluding hydrogens is 278 g/mol. The standard InChI is InChI=1S/C17H19N3S/c1-17(2,3)15-9-12(14-10-21-16(18-4)20-14)11-7-5-6-8-13(11)19-15/h5-10H,1-4H3,(H,18,20). The molecule has 0 aliphatic heterocycles. The van der Waals surface area contributed by atoms with Crippen molar-refractivity contribution in [3.8, 4) is 11.3 Å². The van der Waals surface area contributed by atoms with Crippen LogP contribution in [0.15, 0.2) is 35.7 Å². The van der Waals surface area contributed by atoms with Crippen LogP contribution in [0.4, 0.5) is 5.13 Å². The van der Waals surface area contributed by atoms with Gasteiger partial charge < -0.3 is 5.32 Å². The predicted molar refractivity (Wildman–Crippen MR) is 91.1 cm³/mol. The lowest BCUT2D eigenvalue weighted by molar-refractivity contribution is 0.572. The van der Waals surface area contributed by atoms with Gasteiger partial charge in [-0.3, -0.25) is 4.98 Å². The number of aromatic nitrogens is 2. The zero-order valence-electron chi connectivity index (χ0n) is 12.8. The summed E-state index contributed by atoms with van der Waals surface area (Å²) in [5.41, 5.74) is 4.30. The van der Waals surface area contributed by atoms with Crippen LogP contribution in [0.3, 0.4) is 0 Å². The van der Waals surface area contributed by atoms with Gasteiger partial charge in [-0.1, -0.05) is 39.0 Å². The van der Waals surface area contributed by atoms with Crippen LogP contribution in [-0.4, -0.2) is 17.0 Å². The molecule has 2 aromatic heterocycles. The smallest absolute Gasteiger partial charge is 0.182 e. The van der Waals surface area contributed by atoms with E-state index < -0.39 is 0 Å². The van der Waals surface area contributed by atoms with Crippen LogP contribution in [0.25, 0.3) is 22.2 Å². The molecule has 0 aliphatic rings. The van der Waals surface area contributed by atoms with Gasteiger partial charge in [0.1, 0.15) is 0 Å². The van der Waals surface area contributed by atoms with Gasteiger partial charge in [0.05, 0.1) is 11.2 Å². The van der Waals surface area contributed by atoms with Gasteiger partial charge in [0.25, 0.3) is 0 Å². The lowest BCUT2D eigenvalue weighted by Gasteiger charge is -2.19. The summed E-state index contributed by atoms with van der Waals surface area (Å²) in [6.45, 7) is 6.57. The molecule has 1 aromatic carbocycles. The highest BCUT2D eigenvalue weighted by molar-refractivity contribution is 7.14. The molecule has 0 atom stereocenters. The summed E-state index contributed by atoms with van der Waals surface area (Å²) in [5, 5.41) is 7.28. The predicted octanol–water partition coefficient (Wildman–Crippen LogP) is 4.70. The highest BCUT2D eigenvalue weighted by Gasteiger charge is 2.19. The third kappa shape index (κ3) is 2.63. The molecule has 0 amide bonds. The average Bonchev–Trinajstić information content (AvgIpc) is 2.94. The first kappa shape index (κ1) is 14.0. The third-order valence-electron chi connectivity index (χ3n) is 3.48. The number of benzene rings is 1. The highest BCUT2D eigenvalue weighted by Crippen LogP contribution is 2.33. The lowest BCUT2D eigenvalue weighted by atomic mass is 9.89. The molecule has 1 N–H and O–H groups in total. The second kappa shape index (κ2) is 5.11. The molecule has 0 fully saturated rings. The first-order valence-electron chi connectivity index (χ1n) is 7.03. The topological polar surface area (TPSA) is 37.8 Å². The number of pyridine rings is 1. The van der Waals surface area contributed by atoms with Crippen molar-refractivity contribution in [3.05, 3.63) is 41.4 Å². The van der Waals surface area contributed by atoms with Gasteiger partial charge in [0, 0.05) is 34.5 Å². The van der Waals surface area contributed by atoms with E-state index in [1.807, 2.05) is 13.1 Å². The minimum Gasteiger partial charge on any atom is -0.365 e. The number of anilines is 1. The Kier molecular flexibility index (Phi) is 3.41. The molecule has 0 unspecified atom stereocenters. The van der Waals surface area contributed by atoms with Crippen molar-refractivity contribution in [2.45, 2.75) is 26.2 Å². The highest BCUT2D eigenvalue weighted by atomic mass is 32.1. The lowest BCUT2D eigenvalue weighted by Crippen LogP contribution is -2.13. The molecule has 0 spiro atoms. The monoisotopic (exact) mass is 297 g/mol. The summed E-state index contributed by atoms with van der Waals surface area (Å²) in [4.78, 5) is 9.47. The van der Waals surface area contributed by atoms with Crippen molar-refractivity contribution in [2.75, 3.05) is 12.4 Å². The third-order valence-corrected chi connectivity index (χ3v) is 4.34. The first-order chi connectivity index (χ1) is 9.99. The molecule has 4 heteroatoms. The van der Waals surface area contributed by atoms with E-state index in [2.05, 4.69) is 60.7 Å². The number of rotatable bonds is 2. The molecule has 21 heavy (non-hydrogen) atoms. The number of nitrogens with one attached hydrogen (secondary N) is 1. The Balaban J connectivity index is 2.28. The molecular formula is C17H19N3S. The minimum absolute atomic E-state index is 0.0145. The number of fused-ring (bicyclic) bond motifs is 1. The van der Waals surface area contributed by atoms with Crippen LogP contribution >= 0.6 is 11.3 Å². The molecule has 0 saturated carbocycles. The Morgan fingerprint density at radius 1 is 1.10 bits per heavy atom. The quantitative estimate of drug-likeness (QED) is 0.745. The number of hydrogen-bond donors (Lipinski definition) is 1. The van der Waals surface area contributed by atoms with Gasteiger partial charge in [-0.25, -0.2) is 4.98 Å². The zero-order chi connectivity index (χ0) is 15.0. The van der Waals surface area contributed by atoms with Crippen LogP contribution in [0.2, 0.25) is 0 Å². The van der Waals surface area contributed by atoms with Crippen molar-refractivity contribution < 1.29 is 0 Å². The number of hydrogen-bond acceptors (Lipinski definition) is 4. The zero-order valence-corrected chi connectivity index (χ0v) is 13.6. The van der Waals surface area contributed by atoms with E-state index in [1.54, 1.807) is 11.3 Å². The summed E-state index contributed by atoms with van der Waals surface area (Å²) in [5.74, 6) is 0. The molecule has 108 valence electrons. The molecule has 3 nitrogen and oxygen atoms in total. The van der Waals surface area contributed by atoms with Crippen LogP contribution in [0.5, 0.6) is 0 Å². The van der Waals surface area contributed by atoms with Crippen LogP contribution in [-0.2, 0) is 5.41 Å². The first-order valence-corrected chi connectivity index (χ1v) is 7.91. The van der Waals surface area contributed by atoms with Gasteiger partial charge in [-0.05, 0) is 12.1 Å². The Hall–Kier alpha value is -1.94. The summed E-state index contributed by atoms with van der Waals surface area (Å²) in [6, 6.07) is 10.4. The maximum absolute atomic E-state index is 4.82. The molecule has 0 bridgehead atoms. The Morgan fingerprint density at radius 2 is 1.86 bits per heavy atom.